The molecule has 2 heterocycles. The average molecular weight is 261 g/mol. The number of hydrogen-bond acceptors (Lipinski definition) is 3. The van der Waals surface area contributed by atoms with Gasteiger partial charge in [0.25, 0.3) is 0 Å². The molecule has 3 heteroatoms. The fourth-order valence-corrected chi connectivity index (χ4v) is 2.97. The lowest BCUT2D eigenvalue weighted by atomic mass is 10.0. The summed E-state index contributed by atoms with van der Waals surface area (Å²) in [7, 11) is 0. The number of para-hydroxylation sites is 1. The predicted molar refractivity (Wildman–Crippen MR) is 75.8 cm³/mol. The SMILES string of the molecule is c1ccc2c(c1)OCC2CNCCC1CCCCO1. The topological polar surface area (TPSA) is 30.5 Å². The van der Waals surface area contributed by atoms with Gasteiger partial charge in [0.2, 0.25) is 0 Å². The van der Waals surface area contributed by atoms with Crippen molar-refractivity contribution < 1.29 is 9.47 Å². The summed E-state index contributed by atoms with van der Waals surface area (Å²) in [4.78, 5) is 0. The van der Waals surface area contributed by atoms with Crippen LogP contribution in [0.15, 0.2) is 24.3 Å². The first-order valence-corrected chi connectivity index (χ1v) is 7.47. The largest absolute Gasteiger partial charge is 0.493 e. The maximum absolute atomic E-state index is 5.74. The van der Waals surface area contributed by atoms with Gasteiger partial charge in [-0.2, -0.15) is 0 Å². The van der Waals surface area contributed by atoms with Gasteiger partial charge in [0.05, 0.1) is 12.7 Å². The maximum atomic E-state index is 5.74. The standard InChI is InChI=1S/C16H23NO2/c1-2-7-16-15(6-1)13(12-19-16)11-17-9-8-14-5-3-4-10-18-14/h1-2,6-7,13-14,17H,3-5,8-12H2. The van der Waals surface area contributed by atoms with Gasteiger partial charge in [0.1, 0.15) is 5.75 Å². The van der Waals surface area contributed by atoms with Crippen LogP contribution in [0, 0.1) is 0 Å². The smallest absolute Gasteiger partial charge is 0.122 e. The second-order valence-electron chi connectivity index (χ2n) is 5.53. The first-order valence-electron chi connectivity index (χ1n) is 7.47. The van der Waals surface area contributed by atoms with Crippen molar-refractivity contribution >= 4 is 0 Å². The number of fused-ring (bicyclic) bond motifs is 1. The molecule has 2 aliphatic rings. The molecule has 0 aliphatic carbocycles. The van der Waals surface area contributed by atoms with Gasteiger partial charge in [0, 0.05) is 24.6 Å². The molecule has 0 bridgehead atoms. The van der Waals surface area contributed by atoms with E-state index in [4.69, 9.17) is 9.47 Å². The number of hydrogen-bond donors (Lipinski definition) is 1. The van der Waals surface area contributed by atoms with E-state index in [1.165, 1.54) is 24.8 Å². The Hall–Kier alpha value is -1.06. The maximum Gasteiger partial charge on any atom is 0.122 e. The molecule has 2 atom stereocenters. The van der Waals surface area contributed by atoms with Crippen molar-refractivity contribution in [2.75, 3.05) is 26.3 Å². The first kappa shape index (κ1) is 12.9. The van der Waals surface area contributed by atoms with Crippen LogP contribution in [0.5, 0.6) is 5.75 Å². The summed E-state index contributed by atoms with van der Waals surface area (Å²) in [5.41, 5.74) is 1.35. The van der Waals surface area contributed by atoms with Crippen molar-refractivity contribution in [1.82, 2.24) is 5.32 Å². The highest BCUT2D eigenvalue weighted by Gasteiger charge is 2.23. The van der Waals surface area contributed by atoms with Crippen molar-refractivity contribution in [2.45, 2.75) is 37.7 Å². The van der Waals surface area contributed by atoms with E-state index in [-0.39, 0.29) is 0 Å². The third-order valence-electron chi connectivity index (χ3n) is 4.11. The molecule has 104 valence electrons. The van der Waals surface area contributed by atoms with E-state index >= 15 is 0 Å². The van der Waals surface area contributed by atoms with Crippen LogP contribution < -0.4 is 10.1 Å². The Kier molecular flexibility index (Phi) is 4.36. The minimum absolute atomic E-state index is 0.480. The van der Waals surface area contributed by atoms with Crippen LogP contribution in [0.3, 0.4) is 0 Å². The summed E-state index contributed by atoms with van der Waals surface area (Å²) in [6.45, 7) is 3.81. The molecule has 0 aromatic heterocycles. The molecule has 19 heavy (non-hydrogen) atoms. The molecule has 1 aromatic rings. The summed E-state index contributed by atoms with van der Waals surface area (Å²) >= 11 is 0. The Morgan fingerprint density at radius 3 is 3.05 bits per heavy atom. The second kappa shape index (κ2) is 6.40. The van der Waals surface area contributed by atoms with Crippen LogP contribution in [-0.4, -0.2) is 32.4 Å². The number of rotatable bonds is 5. The quantitative estimate of drug-likeness (QED) is 0.827. The molecule has 1 aromatic carbocycles. The van der Waals surface area contributed by atoms with E-state index in [9.17, 15) is 0 Å². The van der Waals surface area contributed by atoms with Crippen molar-refractivity contribution in [1.29, 1.82) is 0 Å². The molecule has 3 rings (SSSR count). The monoisotopic (exact) mass is 261 g/mol. The lowest BCUT2D eigenvalue weighted by Gasteiger charge is -2.22. The van der Waals surface area contributed by atoms with E-state index in [1.54, 1.807) is 0 Å². The molecule has 3 nitrogen and oxygen atoms in total. The molecule has 2 aliphatic heterocycles. The summed E-state index contributed by atoms with van der Waals surface area (Å²) in [5.74, 6) is 1.56. The second-order valence-corrected chi connectivity index (χ2v) is 5.53. The Bertz CT molecular complexity index is 401. The zero-order valence-electron chi connectivity index (χ0n) is 11.4. The Morgan fingerprint density at radius 2 is 2.16 bits per heavy atom. The molecular weight excluding hydrogens is 238 g/mol. The van der Waals surface area contributed by atoms with Crippen molar-refractivity contribution in [3.8, 4) is 5.75 Å². The molecule has 1 fully saturated rings. The van der Waals surface area contributed by atoms with Crippen molar-refractivity contribution in [3.05, 3.63) is 29.8 Å². The van der Waals surface area contributed by atoms with Crippen LogP contribution >= 0.6 is 0 Å². The Labute approximate surface area is 115 Å². The van der Waals surface area contributed by atoms with Crippen LogP contribution in [0.25, 0.3) is 0 Å². The lowest BCUT2D eigenvalue weighted by molar-refractivity contribution is 0.0115. The fourth-order valence-electron chi connectivity index (χ4n) is 2.97. The predicted octanol–water partition coefficient (Wildman–Crippen LogP) is 2.71. The third-order valence-corrected chi connectivity index (χ3v) is 4.11. The van der Waals surface area contributed by atoms with Gasteiger partial charge in [-0.25, -0.2) is 0 Å². The normalized spacial score (nSPS) is 25.9. The molecule has 0 spiro atoms. The van der Waals surface area contributed by atoms with E-state index in [2.05, 4.69) is 23.5 Å². The van der Waals surface area contributed by atoms with Gasteiger partial charge in [0.15, 0.2) is 0 Å². The third kappa shape index (κ3) is 3.28. The number of benzene rings is 1. The van der Waals surface area contributed by atoms with Crippen molar-refractivity contribution in [2.24, 2.45) is 0 Å². The minimum Gasteiger partial charge on any atom is -0.493 e. The van der Waals surface area contributed by atoms with Gasteiger partial charge >= 0.3 is 0 Å². The Balaban J connectivity index is 1.39. The van der Waals surface area contributed by atoms with E-state index in [0.29, 0.717) is 12.0 Å². The van der Waals surface area contributed by atoms with Gasteiger partial charge in [-0.3, -0.25) is 0 Å². The van der Waals surface area contributed by atoms with Gasteiger partial charge in [-0.05, 0) is 38.3 Å². The summed E-state index contributed by atoms with van der Waals surface area (Å²) in [6, 6.07) is 8.37. The van der Waals surface area contributed by atoms with Gasteiger partial charge in [-0.1, -0.05) is 18.2 Å². The molecule has 0 radical (unpaired) electrons. The minimum atomic E-state index is 0.480. The van der Waals surface area contributed by atoms with Crippen LogP contribution in [0.4, 0.5) is 0 Å². The molecule has 0 amide bonds. The summed E-state index contributed by atoms with van der Waals surface area (Å²) < 4.78 is 11.4. The lowest BCUT2D eigenvalue weighted by Crippen LogP contribution is -2.28. The van der Waals surface area contributed by atoms with E-state index < -0.39 is 0 Å². The van der Waals surface area contributed by atoms with Crippen LogP contribution in [0.2, 0.25) is 0 Å². The molecule has 1 saturated heterocycles. The van der Waals surface area contributed by atoms with E-state index in [1.807, 2.05) is 6.07 Å². The highest BCUT2D eigenvalue weighted by atomic mass is 16.5. The average Bonchev–Trinajstić information content (AvgIpc) is 2.88. The molecular formula is C16H23NO2. The first-order chi connectivity index (χ1) is 9.43. The zero-order valence-corrected chi connectivity index (χ0v) is 11.4. The summed E-state index contributed by atoms with van der Waals surface area (Å²) in [5, 5.41) is 3.56. The van der Waals surface area contributed by atoms with Crippen LogP contribution in [0.1, 0.15) is 37.2 Å². The van der Waals surface area contributed by atoms with Gasteiger partial charge < -0.3 is 14.8 Å². The number of ether oxygens (including phenoxy) is 2. The number of nitrogens with one attached hydrogen (secondary N) is 1. The van der Waals surface area contributed by atoms with E-state index in [0.717, 1.165) is 38.5 Å². The highest BCUT2D eigenvalue weighted by molar-refractivity contribution is 5.39. The van der Waals surface area contributed by atoms with Crippen molar-refractivity contribution in [3.63, 3.8) is 0 Å². The molecule has 0 saturated carbocycles. The Morgan fingerprint density at radius 1 is 1.21 bits per heavy atom. The molecule has 1 N–H and O–H groups in total. The summed E-state index contributed by atoms with van der Waals surface area (Å²) in [6.07, 6.45) is 5.41. The molecule has 2 unspecified atom stereocenters. The fraction of sp³-hybridized carbons (Fsp3) is 0.625. The van der Waals surface area contributed by atoms with Gasteiger partial charge in [-0.15, -0.1) is 0 Å². The highest BCUT2D eigenvalue weighted by Crippen LogP contribution is 2.32. The zero-order chi connectivity index (χ0) is 12.9. The van der Waals surface area contributed by atoms with Crippen LogP contribution in [-0.2, 0) is 4.74 Å².